The maximum Gasteiger partial charge on any atom is 0.239 e. The lowest BCUT2D eigenvalue weighted by atomic mass is 10.2. The summed E-state index contributed by atoms with van der Waals surface area (Å²) in [4.78, 5) is 25.5. The zero-order valence-corrected chi connectivity index (χ0v) is 10.9. The van der Waals surface area contributed by atoms with Crippen LogP contribution in [0, 0.1) is 0 Å². The molecule has 0 aromatic carbocycles. The number of carbonyl (C=O) groups is 2. The van der Waals surface area contributed by atoms with Gasteiger partial charge in [-0.25, -0.2) is 0 Å². The number of nitrogens with zero attached hydrogens (tertiary/aromatic N) is 1. The van der Waals surface area contributed by atoms with E-state index < -0.39 is 0 Å². The van der Waals surface area contributed by atoms with Crippen molar-refractivity contribution in [1.29, 1.82) is 0 Å². The SMILES string of the molecule is CC(C(=O)NCC(=O)NC1CC1)N1CCNCC1. The molecule has 3 N–H and O–H groups in total. The van der Waals surface area contributed by atoms with Crippen LogP contribution >= 0.6 is 0 Å². The predicted octanol–water partition coefficient (Wildman–Crippen LogP) is -1.33. The monoisotopic (exact) mass is 254 g/mol. The molecule has 0 radical (unpaired) electrons. The summed E-state index contributed by atoms with van der Waals surface area (Å²) < 4.78 is 0. The molecule has 1 aliphatic heterocycles. The molecule has 1 aliphatic carbocycles. The first-order chi connectivity index (χ1) is 8.66. The number of nitrogens with one attached hydrogen (secondary N) is 3. The molecule has 1 atom stereocenters. The van der Waals surface area contributed by atoms with Crippen molar-refractivity contribution in [2.75, 3.05) is 32.7 Å². The minimum Gasteiger partial charge on any atom is -0.352 e. The second kappa shape index (κ2) is 6.15. The lowest BCUT2D eigenvalue weighted by Crippen LogP contribution is -2.53. The van der Waals surface area contributed by atoms with Gasteiger partial charge in [-0.05, 0) is 19.8 Å². The predicted molar refractivity (Wildman–Crippen MR) is 68.1 cm³/mol. The van der Waals surface area contributed by atoms with Crippen LogP contribution in [-0.4, -0.2) is 61.5 Å². The van der Waals surface area contributed by atoms with E-state index >= 15 is 0 Å². The fourth-order valence-corrected chi connectivity index (χ4v) is 2.06. The Kier molecular flexibility index (Phi) is 4.54. The highest BCUT2D eigenvalue weighted by Crippen LogP contribution is 2.18. The van der Waals surface area contributed by atoms with Crippen molar-refractivity contribution in [3.8, 4) is 0 Å². The van der Waals surface area contributed by atoms with Crippen molar-refractivity contribution in [2.45, 2.75) is 31.8 Å². The molecular formula is C12H22N4O2. The molecule has 102 valence electrons. The van der Waals surface area contributed by atoms with E-state index in [0.29, 0.717) is 6.04 Å². The second-order valence-electron chi connectivity index (χ2n) is 5.02. The van der Waals surface area contributed by atoms with Gasteiger partial charge in [0.2, 0.25) is 11.8 Å². The van der Waals surface area contributed by atoms with Gasteiger partial charge in [0.25, 0.3) is 0 Å². The van der Waals surface area contributed by atoms with Crippen LogP contribution in [0.2, 0.25) is 0 Å². The van der Waals surface area contributed by atoms with E-state index in [9.17, 15) is 9.59 Å². The molecule has 1 saturated carbocycles. The molecule has 0 spiro atoms. The molecule has 1 unspecified atom stereocenters. The molecule has 6 heteroatoms. The van der Waals surface area contributed by atoms with Crippen LogP contribution in [0.3, 0.4) is 0 Å². The highest BCUT2D eigenvalue weighted by atomic mass is 16.2. The van der Waals surface area contributed by atoms with E-state index in [2.05, 4.69) is 20.9 Å². The largest absolute Gasteiger partial charge is 0.352 e. The van der Waals surface area contributed by atoms with E-state index in [1.807, 2.05) is 6.92 Å². The molecule has 6 nitrogen and oxygen atoms in total. The van der Waals surface area contributed by atoms with Gasteiger partial charge >= 0.3 is 0 Å². The summed E-state index contributed by atoms with van der Waals surface area (Å²) in [7, 11) is 0. The first-order valence-corrected chi connectivity index (χ1v) is 6.68. The van der Waals surface area contributed by atoms with Gasteiger partial charge in [0.1, 0.15) is 0 Å². The normalized spacial score (nSPS) is 22.3. The molecule has 2 aliphatic rings. The lowest BCUT2D eigenvalue weighted by molar-refractivity contribution is -0.129. The van der Waals surface area contributed by atoms with Crippen LogP contribution in [-0.2, 0) is 9.59 Å². The van der Waals surface area contributed by atoms with Gasteiger partial charge in [-0.3, -0.25) is 14.5 Å². The van der Waals surface area contributed by atoms with Gasteiger partial charge in [-0.1, -0.05) is 0 Å². The van der Waals surface area contributed by atoms with Gasteiger partial charge in [-0.2, -0.15) is 0 Å². The standard InChI is InChI=1S/C12H22N4O2/c1-9(16-6-4-13-5-7-16)12(18)14-8-11(17)15-10-2-3-10/h9-10,13H,2-8H2,1H3,(H,14,18)(H,15,17). The summed E-state index contributed by atoms with van der Waals surface area (Å²) in [6, 6.07) is 0.181. The van der Waals surface area contributed by atoms with Crippen molar-refractivity contribution in [3.05, 3.63) is 0 Å². The van der Waals surface area contributed by atoms with Gasteiger partial charge in [0.05, 0.1) is 12.6 Å². The Balaban J connectivity index is 1.67. The fourth-order valence-electron chi connectivity index (χ4n) is 2.06. The van der Waals surface area contributed by atoms with E-state index in [1.54, 1.807) is 0 Å². The molecule has 2 amide bonds. The van der Waals surface area contributed by atoms with Crippen LogP contribution in [0.5, 0.6) is 0 Å². The number of hydrogen-bond donors (Lipinski definition) is 3. The third-order valence-electron chi connectivity index (χ3n) is 3.44. The van der Waals surface area contributed by atoms with Gasteiger partial charge in [0.15, 0.2) is 0 Å². The van der Waals surface area contributed by atoms with Gasteiger partial charge < -0.3 is 16.0 Å². The van der Waals surface area contributed by atoms with Gasteiger partial charge in [0, 0.05) is 32.2 Å². The molecular weight excluding hydrogens is 232 g/mol. The molecule has 0 bridgehead atoms. The van der Waals surface area contributed by atoms with Crippen LogP contribution in [0.4, 0.5) is 0 Å². The van der Waals surface area contributed by atoms with E-state index in [0.717, 1.165) is 39.0 Å². The molecule has 1 heterocycles. The zero-order chi connectivity index (χ0) is 13.0. The van der Waals surface area contributed by atoms with Crippen molar-refractivity contribution in [1.82, 2.24) is 20.9 Å². The number of amides is 2. The maximum absolute atomic E-state index is 11.9. The molecule has 0 aromatic heterocycles. The first-order valence-electron chi connectivity index (χ1n) is 6.68. The van der Waals surface area contributed by atoms with Crippen molar-refractivity contribution in [3.63, 3.8) is 0 Å². The minimum absolute atomic E-state index is 0.0668. The second-order valence-corrected chi connectivity index (χ2v) is 5.02. The Labute approximate surface area is 107 Å². The molecule has 2 fully saturated rings. The summed E-state index contributed by atoms with van der Waals surface area (Å²) in [5.74, 6) is -0.152. The van der Waals surface area contributed by atoms with Crippen molar-refractivity contribution >= 4 is 11.8 Å². The summed E-state index contributed by atoms with van der Waals surface area (Å²) >= 11 is 0. The van der Waals surface area contributed by atoms with Crippen LogP contribution in [0.25, 0.3) is 0 Å². The summed E-state index contributed by atoms with van der Waals surface area (Å²) in [5.41, 5.74) is 0. The molecule has 2 rings (SSSR count). The zero-order valence-electron chi connectivity index (χ0n) is 10.9. The maximum atomic E-state index is 11.9. The van der Waals surface area contributed by atoms with Crippen LogP contribution in [0.15, 0.2) is 0 Å². The van der Waals surface area contributed by atoms with Crippen LogP contribution in [0.1, 0.15) is 19.8 Å². The number of hydrogen-bond acceptors (Lipinski definition) is 4. The first kappa shape index (κ1) is 13.3. The van der Waals surface area contributed by atoms with E-state index in [4.69, 9.17) is 0 Å². The highest BCUT2D eigenvalue weighted by molar-refractivity contribution is 5.87. The number of piperazine rings is 1. The van der Waals surface area contributed by atoms with E-state index in [1.165, 1.54) is 0 Å². The molecule has 0 aromatic rings. The van der Waals surface area contributed by atoms with Crippen molar-refractivity contribution in [2.24, 2.45) is 0 Å². The Hall–Kier alpha value is -1.14. The highest BCUT2D eigenvalue weighted by Gasteiger charge is 2.25. The Morgan fingerprint density at radius 1 is 1.33 bits per heavy atom. The number of rotatable bonds is 5. The topological polar surface area (TPSA) is 73.5 Å². The third-order valence-corrected chi connectivity index (χ3v) is 3.44. The van der Waals surface area contributed by atoms with Crippen molar-refractivity contribution < 1.29 is 9.59 Å². The third kappa shape index (κ3) is 3.96. The van der Waals surface area contributed by atoms with Crippen LogP contribution < -0.4 is 16.0 Å². The molecule has 18 heavy (non-hydrogen) atoms. The van der Waals surface area contributed by atoms with E-state index in [-0.39, 0.29) is 24.4 Å². The molecule has 1 saturated heterocycles. The van der Waals surface area contributed by atoms with Gasteiger partial charge in [-0.15, -0.1) is 0 Å². The average Bonchev–Trinajstić information content (AvgIpc) is 3.20. The number of carbonyl (C=O) groups excluding carboxylic acids is 2. The summed E-state index contributed by atoms with van der Waals surface area (Å²) in [5, 5.41) is 8.80. The Bertz CT molecular complexity index is 311. The quantitative estimate of drug-likeness (QED) is 0.569. The fraction of sp³-hybridized carbons (Fsp3) is 0.833. The average molecular weight is 254 g/mol. The smallest absolute Gasteiger partial charge is 0.239 e. The lowest BCUT2D eigenvalue weighted by Gasteiger charge is -2.31. The Morgan fingerprint density at radius 3 is 2.61 bits per heavy atom. The Morgan fingerprint density at radius 2 is 2.00 bits per heavy atom. The summed E-state index contributed by atoms with van der Waals surface area (Å²) in [6.07, 6.45) is 2.13. The summed E-state index contributed by atoms with van der Waals surface area (Å²) in [6.45, 7) is 5.57. The minimum atomic E-state index is -0.166.